The van der Waals surface area contributed by atoms with E-state index in [0.717, 1.165) is 19.0 Å². The Morgan fingerprint density at radius 2 is 1.89 bits per heavy atom. The predicted molar refractivity (Wildman–Crippen MR) is 129 cm³/mol. The number of anilines is 2. The first-order valence-electron chi connectivity index (χ1n) is 12.6. The summed E-state index contributed by atoms with van der Waals surface area (Å²) in [5, 5.41) is 19.7. The number of nitriles is 1. The highest BCUT2D eigenvalue weighted by Crippen LogP contribution is 2.60. The average molecular weight is 501 g/mol. The molecule has 0 amide bonds. The topological polar surface area (TPSA) is 94.9 Å². The second-order valence-corrected chi connectivity index (χ2v) is 10.5. The first-order valence-corrected chi connectivity index (χ1v) is 12.6. The molecule has 3 N–H and O–H groups in total. The summed E-state index contributed by atoms with van der Waals surface area (Å²) in [5.74, 6) is 2.59. The molecule has 36 heavy (non-hydrogen) atoms. The second kappa shape index (κ2) is 9.77. The SMILES string of the molecule is CCN[C@@H]1[C@@H]2CC3C[C@H]1C[C@](CNc1nc(NCc4ccccc4OC(F)(F)F)ncc1C#N)(C3)C2. The summed E-state index contributed by atoms with van der Waals surface area (Å²) in [5.41, 5.74) is 0.874. The van der Waals surface area contributed by atoms with Crippen molar-refractivity contribution in [1.29, 1.82) is 5.26 Å². The van der Waals surface area contributed by atoms with Crippen LogP contribution >= 0.6 is 0 Å². The highest BCUT2D eigenvalue weighted by atomic mass is 19.4. The maximum Gasteiger partial charge on any atom is 0.573 e. The molecule has 0 aliphatic heterocycles. The van der Waals surface area contributed by atoms with Gasteiger partial charge in [0.15, 0.2) is 0 Å². The fourth-order valence-corrected chi connectivity index (χ4v) is 6.98. The van der Waals surface area contributed by atoms with Gasteiger partial charge in [-0.2, -0.15) is 10.2 Å². The van der Waals surface area contributed by atoms with Gasteiger partial charge in [0.25, 0.3) is 0 Å². The summed E-state index contributed by atoms with van der Waals surface area (Å²) in [4.78, 5) is 8.67. The Kier molecular flexibility index (Phi) is 6.68. The van der Waals surface area contributed by atoms with E-state index in [9.17, 15) is 18.4 Å². The Bertz CT molecular complexity index is 1120. The summed E-state index contributed by atoms with van der Waals surface area (Å²) in [7, 11) is 0. The zero-order chi connectivity index (χ0) is 25.3. The van der Waals surface area contributed by atoms with Crippen LogP contribution < -0.4 is 20.7 Å². The van der Waals surface area contributed by atoms with Crippen molar-refractivity contribution in [2.24, 2.45) is 23.2 Å². The van der Waals surface area contributed by atoms with Gasteiger partial charge in [-0.1, -0.05) is 25.1 Å². The summed E-state index contributed by atoms with van der Waals surface area (Å²) >= 11 is 0. The van der Waals surface area contributed by atoms with E-state index >= 15 is 0 Å². The Morgan fingerprint density at radius 1 is 1.14 bits per heavy atom. The highest BCUT2D eigenvalue weighted by molar-refractivity contribution is 5.53. The van der Waals surface area contributed by atoms with Crippen LogP contribution in [0.3, 0.4) is 0 Å². The van der Waals surface area contributed by atoms with Gasteiger partial charge >= 0.3 is 6.36 Å². The molecule has 4 aliphatic carbocycles. The molecule has 1 unspecified atom stereocenters. The van der Waals surface area contributed by atoms with E-state index in [1.165, 1.54) is 50.4 Å². The molecule has 4 saturated carbocycles. The maximum absolute atomic E-state index is 12.7. The van der Waals surface area contributed by atoms with Crippen LogP contribution in [0.25, 0.3) is 0 Å². The Morgan fingerprint density at radius 3 is 2.58 bits per heavy atom. The number of nitrogens with one attached hydrogen (secondary N) is 3. The third-order valence-corrected chi connectivity index (χ3v) is 8.02. The molecule has 1 heterocycles. The number of hydrogen-bond acceptors (Lipinski definition) is 7. The van der Waals surface area contributed by atoms with Gasteiger partial charge in [-0.25, -0.2) is 4.98 Å². The van der Waals surface area contributed by atoms with Gasteiger partial charge < -0.3 is 20.7 Å². The lowest BCUT2D eigenvalue weighted by atomic mass is 9.48. The quantitative estimate of drug-likeness (QED) is 0.442. The van der Waals surface area contributed by atoms with Gasteiger partial charge in [0.05, 0.1) is 6.20 Å². The molecule has 4 fully saturated rings. The largest absolute Gasteiger partial charge is 0.573 e. The number of halogens is 3. The fraction of sp³-hybridized carbons (Fsp3) is 0.577. The van der Waals surface area contributed by atoms with Crippen LogP contribution in [0.2, 0.25) is 0 Å². The Balaban J connectivity index is 1.27. The van der Waals surface area contributed by atoms with E-state index < -0.39 is 6.36 Å². The van der Waals surface area contributed by atoms with Crippen molar-refractivity contribution in [3.05, 3.63) is 41.6 Å². The summed E-state index contributed by atoms with van der Waals surface area (Å²) in [6.45, 7) is 3.97. The minimum atomic E-state index is -4.78. The van der Waals surface area contributed by atoms with Gasteiger partial charge in [-0.05, 0) is 67.9 Å². The monoisotopic (exact) mass is 500 g/mol. The highest BCUT2D eigenvalue weighted by Gasteiger charge is 2.54. The van der Waals surface area contributed by atoms with E-state index in [2.05, 4.69) is 43.6 Å². The molecule has 1 aromatic heterocycles. The van der Waals surface area contributed by atoms with Crippen LogP contribution in [0, 0.1) is 34.5 Å². The van der Waals surface area contributed by atoms with Crippen LogP contribution in [-0.2, 0) is 6.54 Å². The molecule has 10 heteroatoms. The zero-order valence-electron chi connectivity index (χ0n) is 20.2. The number of hydrogen-bond donors (Lipinski definition) is 3. The number of nitrogens with zero attached hydrogens (tertiary/aromatic N) is 3. The molecule has 0 spiro atoms. The van der Waals surface area contributed by atoms with Crippen LogP contribution in [0.1, 0.15) is 50.2 Å². The van der Waals surface area contributed by atoms with Crippen molar-refractivity contribution in [3.63, 3.8) is 0 Å². The fourth-order valence-electron chi connectivity index (χ4n) is 6.98. The summed E-state index contributed by atoms with van der Waals surface area (Å²) in [6, 6.07) is 8.70. The molecule has 192 valence electrons. The van der Waals surface area contributed by atoms with Crippen molar-refractivity contribution in [2.45, 2.75) is 58.0 Å². The minimum Gasteiger partial charge on any atom is -0.405 e. The lowest BCUT2D eigenvalue weighted by Crippen LogP contribution is -2.59. The molecule has 4 aliphatic rings. The van der Waals surface area contributed by atoms with Crippen LogP contribution in [0.15, 0.2) is 30.5 Å². The zero-order valence-corrected chi connectivity index (χ0v) is 20.2. The van der Waals surface area contributed by atoms with Crippen LogP contribution in [0.5, 0.6) is 5.75 Å². The first-order chi connectivity index (χ1) is 17.3. The molecule has 0 saturated heterocycles. The van der Waals surface area contributed by atoms with Crippen molar-refractivity contribution in [2.75, 3.05) is 23.7 Å². The third kappa shape index (κ3) is 5.21. The van der Waals surface area contributed by atoms with E-state index in [1.807, 2.05) is 0 Å². The van der Waals surface area contributed by atoms with Crippen LogP contribution in [-0.4, -0.2) is 35.5 Å². The molecular formula is C26H31F3N6O. The number of para-hydroxylation sites is 1. The predicted octanol–water partition coefficient (Wildman–Crippen LogP) is 5.08. The van der Waals surface area contributed by atoms with Gasteiger partial charge in [-0.15, -0.1) is 13.2 Å². The third-order valence-electron chi connectivity index (χ3n) is 8.02. The Labute approximate surface area is 208 Å². The molecule has 2 aromatic rings. The number of ether oxygens (including phenoxy) is 1. The molecule has 0 radical (unpaired) electrons. The number of alkyl halides is 3. The molecule has 7 nitrogen and oxygen atoms in total. The van der Waals surface area contributed by atoms with Gasteiger partial charge in [0.1, 0.15) is 23.2 Å². The molecule has 5 atom stereocenters. The lowest BCUT2D eigenvalue weighted by molar-refractivity contribution is -0.274. The van der Waals surface area contributed by atoms with E-state index in [0.29, 0.717) is 34.8 Å². The minimum absolute atomic E-state index is 0.0401. The van der Waals surface area contributed by atoms with Crippen molar-refractivity contribution in [1.82, 2.24) is 15.3 Å². The molecular weight excluding hydrogens is 469 g/mol. The smallest absolute Gasteiger partial charge is 0.405 e. The lowest BCUT2D eigenvalue weighted by Gasteiger charge is -2.60. The Hall–Kier alpha value is -3.06. The number of benzene rings is 1. The maximum atomic E-state index is 12.7. The van der Waals surface area contributed by atoms with Gasteiger partial charge in [0.2, 0.25) is 5.95 Å². The average Bonchev–Trinajstić information content (AvgIpc) is 2.83. The molecule has 6 rings (SSSR count). The standard InChI is InChI=1S/C26H31F3N6O/c1-2-31-22-18-7-16-8-19(22)11-25(9-16,10-18)15-34-23-20(12-30)14-33-24(35-23)32-13-17-5-3-4-6-21(17)36-26(27,28)29/h3-6,14,16,18-19,22,31H,2,7-11,13,15H2,1H3,(H2,32,33,34,35)/t16?,18-,19+,22-,25+. The molecule has 4 bridgehead atoms. The van der Waals surface area contributed by atoms with Crippen molar-refractivity contribution >= 4 is 11.8 Å². The van der Waals surface area contributed by atoms with E-state index in [1.54, 1.807) is 12.1 Å². The van der Waals surface area contributed by atoms with Crippen molar-refractivity contribution < 1.29 is 17.9 Å². The van der Waals surface area contributed by atoms with E-state index in [-0.39, 0.29) is 23.7 Å². The molecule has 1 aromatic carbocycles. The van der Waals surface area contributed by atoms with Crippen molar-refractivity contribution in [3.8, 4) is 11.8 Å². The number of rotatable bonds is 9. The normalized spacial score (nSPS) is 28.5. The first kappa shape index (κ1) is 24.6. The summed E-state index contributed by atoms with van der Waals surface area (Å²) in [6.07, 6.45) is 2.84. The summed E-state index contributed by atoms with van der Waals surface area (Å²) < 4.78 is 42.3. The van der Waals surface area contributed by atoms with Crippen LogP contribution in [0.4, 0.5) is 24.9 Å². The number of aromatic nitrogens is 2. The van der Waals surface area contributed by atoms with Gasteiger partial charge in [0, 0.05) is 24.7 Å². The van der Waals surface area contributed by atoms with E-state index in [4.69, 9.17) is 0 Å². The second-order valence-electron chi connectivity index (χ2n) is 10.5. The van der Waals surface area contributed by atoms with Gasteiger partial charge in [-0.3, -0.25) is 0 Å².